The molecule has 0 aliphatic heterocycles. The molecule has 1 atom stereocenters. The van der Waals surface area contributed by atoms with Crippen LogP contribution in [0.15, 0.2) is 36.4 Å². The first-order valence-corrected chi connectivity index (χ1v) is 9.12. The van der Waals surface area contributed by atoms with E-state index in [9.17, 15) is 19.8 Å². The zero-order chi connectivity index (χ0) is 18.8. The second-order valence-electron chi connectivity index (χ2n) is 4.95. The minimum absolute atomic E-state index is 0.0314. The summed E-state index contributed by atoms with van der Waals surface area (Å²) in [4.78, 5) is 28.5. The van der Waals surface area contributed by atoms with Gasteiger partial charge < -0.3 is 19.6 Å². The molecule has 2 aromatic carbocycles. The Balaban J connectivity index is 2.25. The van der Waals surface area contributed by atoms with E-state index in [1.807, 2.05) is 0 Å². The predicted octanol–water partition coefficient (Wildman–Crippen LogP) is 3.65. The molecule has 25 heavy (non-hydrogen) atoms. The van der Waals surface area contributed by atoms with Crippen LogP contribution < -0.4 is 4.74 Å². The van der Waals surface area contributed by atoms with Crippen molar-refractivity contribution in [2.75, 3.05) is 0 Å². The Morgan fingerprint density at radius 1 is 1.24 bits per heavy atom. The lowest BCUT2D eigenvalue weighted by Crippen LogP contribution is -2.03. The summed E-state index contributed by atoms with van der Waals surface area (Å²) < 4.78 is 16.5. The third kappa shape index (κ3) is 4.70. The van der Waals surface area contributed by atoms with Gasteiger partial charge in [0, 0.05) is 0 Å². The maximum Gasteiger partial charge on any atom is 0.358 e. The van der Waals surface area contributed by atoms with Gasteiger partial charge in [0.15, 0.2) is 5.85 Å². The first-order chi connectivity index (χ1) is 11.6. The number of hydrogen-bond donors (Lipinski definition) is 3. The normalized spacial score (nSPS) is 12.7. The lowest BCUT2D eigenvalue weighted by molar-refractivity contribution is -0.385. The van der Waals surface area contributed by atoms with Gasteiger partial charge in [-0.3, -0.25) is 14.7 Å². The maximum atomic E-state index is 11.1. The Hall–Kier alpha value is -1.67. The van der Waals surface area contributed by atoms with Crippen LogP contribution in [0.5, 0.6) is 5.75 Å². The van der Waals surface area contributed by atoms with Gasteiger partial charge in [0.25, 0.3) is 5.69 Å². The monoisotopic (exact) mass is 407 g/mol. The van der Waals surface area contributed by atoms with Gasteiger partial charge in [-0.1, -0.05) is 35.3 Å². The highest BCUT2D eigenvalue weighted by atomic mass is 35.5. The Kier molecular flexibility index (Phi) is 6.05. The zero-order valence-corrected chi connectivity index (χ0v) is 14.8. The second kappa shape index (κ2) is 7.70. The van der Waals surface area contributed by atoms with Crippen LogP contribution in [-0.2, 0) is 11.2 Å². The average molecular weight is 408 g/mol. The maximum absolute atomic E-state index is 11.1. The molecule has 0 bridgehead atoms. The lowest BCUT2D eigenvalue weighted by Gasteiger charge is -2.14. The molecule has 0 aromatic heterocycles. The molecule has 0 spiro atoms. The van der Waals surface area contributed by atoms with Crippen molar-refractivity contribution in [2.24, 2.45) is 0 Å². The fourth-order valence-corrected chi connectivity index (χ4v) is 2.97. The van der Waals surface area contributed by atoms with Crippen molar-refractivity contribution in [2.45, 2.75) is 12.5 Å². The number of ether oxygens (including phenoxy) is 1. The summed E-state index contributed by atoms with van der Waals surface area (Å²) in [5.74, 6) is -1.83. The smallest absolute Gasteiger partial charge is 0.358 e. The van der Waals surface area contributed by atoms with Gasteiger partial charge >= 0.3 is 7.60 Å². The Labute approximate surface area is 151 Å². The summed E-state index contributed by atoms with van der Waals surface area (Å²) in [6.45, 7) is -0.233. The Bertz CT molecular complexity index is 855. The summed E-state index contributed by atoms with van der Waals surface area (Å²) in [6, 6.07) is 8.22. The van der Waals surface area contributed by atoms with Gasteiger partial charge in [-0.15, -0.1) is 0 Å². The van der Waals surface area contributed by atoms with Crippen LogP contribution in [0.1, 0.15) is 17.0 Å². The minimum atomic E-state index is -4.73. The third-order valence-electron chi connectivity index (χ3n) is 3.20. The van der Waals surface area contributed by atoms with Gasteiger partial charge in [-0.25, -0.2) is 0 Å². The van der Waals surface area contributed by atoms with Crippen LogP contribution >= 0.6 is 30.8 Å². The van der Waals surface area contributed by atoms with Crippen molar-refractivity contribution in [3.05, 3.63) is 67.7 Å². The molecule has 8 nitrogen and oxygen atoms in total. The van der Waals surface area contributed by atoms with E-state index in [1.165, 1.54) is 36.4 Å². The van der Waals surface area contributed by atoms with Gasteiger partial charge in [0.2, 0.25) is 0 Å². The highest BCUT2D eigenvalue weighted by Crippen LogP contribution is 2.50. The highest BCUT2D eigenvalue weighted by molar-refractivity contribution is 7.51. The minimum Gasteiger partial charge on any atom is -0.489 e. The molecule has 0 aliphatic rings. The number of nitro benzene ring substituents is 1. The number of hydrogen-bond acceptors (Lipinski definition) is 5. The SMILES string of the molecule is O=[N+]([O-])c1c(COc2cccc(C(O)P(=O)(O)O)c2)ccc(Cl)c1Cl. The standard InChI is InChI=1S/C14H12Cl2NO7P/c15-11-5-4-9(13(12(11)16)17(19)20)7-24-10-3-1-2-8(6-10)14(18)25(21,22)23/h1-6,14,18H,7H2,(H2,21,22,23). The molecule has 0 fully saturated rings. The molecule has 0 amide bonds. The largest absolute Gasteiger partial charge is 0.489 e. The van der Waals surface area contributed by atoms with Gasteiger partial charge in [0.05, 0.1) is 15.5 Å². The van der Waals surface area contributed by atoms with E-state index < -0.39 is 18.4 Å². The second-order valence-corrected chi connectivity index (χ2v) is 7.40. The van der Waals surface area contributed by atoms with Gasteiger partial charge in [-0.05, 0) is 29.8 Å². The molecule has 0 aliphatic carbocycles. The summed E-state index contributed by atoms with van der Waals surface area (Å²) in [5, 5.41) is 20.6. The lowest BCUT2D eigenvalue weighted by atomic mass is 10.2. The van der Waals surface area contributed by atoms with Crippen LogP contribution in [0.3, 0.4) is 0 Å². The quantitative estimate of drug-likeness (QED) is 0.378. The fourth-order valence-electron chi connectivity index (χ4n) is 2.01. The van der Waals surface area contributed by atoms with Crippen molar-refractivity contribution in [1.82, 2.24) is 0 Å². The highest BCUT2D eigenvalue weighted by Gasteiger charge is 2.28. The van der Waals surface area contributed by atoms with Crippen LogP contribution in [0.4, 0.5) is 5.69 Å². The number of halogens is 2. The van der Waals surface area contributed by atoms with E-state index in [0.717, 1.165) is 0 Å². The molecule has 11 heteroatoms. The molecular weight excluding hydrogens is 396 g/mol. The van der Waals surface area contributed by atoms with Crippen LogP contribution in [0, 0.1) is 10.1 Å². The summed E-state index contributed by atoms with van der Waals surface area (Å²) in [7, 11) is -4.73. The number of rotatable bonds is 6. The van der Waals surface area contributed by atoms with Crippen LogP contribution in [-0.4, -0.2) is 19.8 Å². The predicted molar refractivity (Wildman–Crippen MR) is 90.9 cm³/mol. The van der Waals surface area contributed by atoms with E-state index in [0.29, 0.717) is 0 Å². The molecule has 3 N–H and O–H groups in total. The summed E-state index contributed by atoms with van der Waals surface area (Å²) in [6.07, 6.45) is 0. The molecule has 2 rings (SSSR count). The molecule has 0 radical (unpaired) electrons. The molecule has 1 unspecified atom stereocenters. The first kappa shape index (κ1) is 19.7. The van der Waals surface area contributed by atoms with Crippen molar-refractivity contribution >= 4 is 36.5 Å². The van der Waals surface area contributed by atoms with Crippen LogP contribution in [0.2, 0.25) is 10.0 Å². The molecule has 0 saturated heterocycles. The molecular formula is C14H12Cl2NO7P. The Morgan fingerprint density at radius 3 is 2.52 bits per heavy atom. The zero-order valence-electron chi connectivity index (χ0n) is 12.4. The summed E-state index contributed by atoms with van der Waals surface area (Å²) >= 11 is 11.6. The topological polar surface area (TPSA) is 130 Å². The van der Waals surface area contributed by atoms with Crippen molar-refractivity contribution in [1.29, 1.82) is 0 Å². The molecule has 0 heterocycles. The van der Waals surface area contributed by atoms with E-state index >= 15 is 0 Å². The average Bonchev–Trinajstić information content (AvgIpc) is 2.54. The number of nitrogens with zero attached hydrogens (tertiary/aromatic N) is 1. The van der Waals surface area contributed by atoms with Gasteiger partial charge in [0.1, 0.15) is 17.4 Å². The van der Waals surface area contributed by atoms with Crippen molar-refractivity contribution in [3.63, 3.8) is 0 Å². The molecule has 2 aromatic rings. The molecule has 134 valence electrons. The summed E-state index contributed by atoms with van der Waals surface area (Å²) in [5.41, 5.74) is -0.268. The van der Waals surface area contributed by atoms with Crippen LogP contribution in [0.25, 0.3) is 0 Å². The van der Waals surface area contributed by atoms with E-state index in [1.54, 1.807) is 0 Å². The number of aliphatic hydroxyl groups is 1. The van der Waals surface area contributed by atoms with Gasteiger partial charge in [-0.2, -0.15) is 0 Å². The van der Waals surface area contributed by atoms with Crippen molar-refractivity contribution in [3.8, 4) is 5.75 Å². The van der Waals surface area contributed by atoms with E-state index in [-0.39, 0.29) is 39.2 Å². The van der Waals surface area contributed by atoms with E-state index in [2.05, 4.69) is 0 Å². The fraction of sp³-hybridized carbons (Fsp3) is 0.143. The van der Waals surface area contributed by atoms with Crippen molar-refractivity contribution < 1.29 is 29.1 Å². The number of benzene rings is 2. The molecule has 0 saturated carbocycles. The number of aliphatic hydroxyl groups excluding tert-OH is 1. The van der Waals surface area contributed by atoms with E-state index in [4.69, 9.17) is 37.7 Å². The third-order valence-corrected chi connectivity index (χ3v) is 4.93. The Morgan fingerprint density at radius 2 is 1.92 bits per heavy atom. The first-order valence-electron chi connectivity index (χ1n) is 6.68. The number of nitro groups is 1.